The molecular weight excluding hydrogens is 725 g/mol. The van der Waals surface area contributed by atoms with Crippen LogP contribution < -0.4 is 4.89 Å². The summed E-state index contributed by atoms with van der Waals surface area (Å²) in [5.74, 6) is -1.19. The van der Waals surface area contributed by atoms with Crippen LogP contribution >= 0.6 is 7.82 Å². The Kier molecular flexibility index (Phi) is 31.8. The molecule has 0 rings (SSSR count). The molecule has 0 radical (unpaired) electrons. The Balaban J connectivity index is 4.81. The van der Waals surface area contributed by atoms with Gasteiger partial charge in [0.1, 0.15) is 19.8 Å². The molecule has 1 unspecified atom stereocenters. The summed E-state index contributed by atoms with van der Waals surface area (Å²) in [4.78, 5) is 37.4. The number of allylic oxidation sites excluding steroid dienone is 9. The lowest BCUT2D eigenvalue weighted by Crippen LogP contribution is -2.37. The molecule has 0 aromatic rings. The van der Waals surface area contributed by atoms with Crippen molar-refractivity contribution in [2.45, 2.75) is 135 Å². The second-order valence-electron chi connectivity index (χ2n) is 14.5. The van der Waals surface area contributed by atoms with Crippen molar-refractivity contribution >= 4 is 19.8 Å². The van der Waals surface area contributed by atoms with Crippen molar-refractivity contribution in [1.82, 2.24) is 0 Å². The first-order chi connectivity index (χ1) is 26.2. The van der Waals surface area contributed by atoms with E-state index in [-0.39, 0.29) is 32.3 Å². The van der Waals surface area contributed by atoms with Crippen molar-refractivity contribution in [3.8, 4) is 0 Å². The third-order valence-corrected chi connectivity index (χ3v) is 9.02. The smallest absolute Gasteiger partial charge is 0.306 e. The Bertz CT molecular complexity index is 1220. The molecule has 0 saturated carbocycles. The minimum atomic E-state index is -4.72. The summed E-state index contributed by atoms with van der Waals surface area (Å²) in [6.07, 6.45) is 28.9. The van der Waals surface area contributed by atoms with E-state index in [2.05, 4.69) is 19.1 Å². The highest BCUT2D eigenvalue weighted by atomic mass is 31.2. The first kappa shape index (κ1) is 52.3. The van der Waals surface area contributed by atoms with Gasteiger partial charge in [0.15, 0.2) is 6.10 Å². The summed E-state index contributed by atoms with van der Waals surface area (Å²) < 4.78 is 33.5. The van der Waals surface area contributed by atoms with Gasteiger partial charge in [-0.2, -0.15) is 0 Å². The number of quaternary nitrogens is 1. The Hall–Kier alpha value is -2.67. The molecule has 0 aromatic carbocycles. The summed E-state index contributed by atoms with van der Waals surface area (Å²) in [6, 6.07) is 0. The SMILES string of the molecule is CC/C=C\C[C@H](O)/C=C/C=C/C=C\C=C/[C@@H](O)[C@H](O)CCCC(=O)O[C@H](COC(=O)CCCCCCC/C=C\CCCC)COP(=O)([O-])OCC[N+](C)(C)C. The lowest BCUT2D eigenvalue weighted by atomic mass is 10.1. The summed E-state index contributed by atoms with van der Waals surface area (Å²) in [6.45, 7) is 3.54. The maximum atomic E-state index is 12.7. The fraction of sp³-hybridized carbons (Fsp3) is 0.667. The number of phosphoric ester groups is 1. The second kappa shape index (κ2) is 33.5. The number of hydrogen-bond acceptors (Lipinski definition) is 11. The Labute approximate surface area is 331 Å². The van der Waals surface area contributed by atoms with Crippen LogP contribution in [0.3, 0.4) is 0 Å². The zero-order chi connectivity index (χ0) is 41.2. The molecule has 0 aliphatic heterocycles. The molecule has 3 N–H and O–H groups in total. The Morgan fingerprint density at radius 2 is 1.35 bits per heavy atom. The van der Waals surface area contributed by atoms with Crippen LogP contribution in [-0.2, 0) is 32.7 Å². The molecule has 0 fully saturated rings. The van der Waals surface area contributed by atoms with Crippen molar-refractivity contribution in [2.24, 2.45) is 0 Å². The van der Waals surface area contributed by atoms with E-state index < -0.39 is 57.4 Å². The van der Waals surface area contributed by atoms with Gasteiger partial charge in [-0.15, -0.1) is 0 Å². The third kappa shape index (κ3) is 35.5. The van der Waals surface area contributed by atoms with Crippen LogP contribution in [0.15, 0.2) is 72.9 Å². The molecule has 12 nitrogen and oxygen atoms in total. The van der Waals surface area contributed by atoms with E-state index in [0.29, 0.717) is 23.9 Å². The van der Waals surface area contributed by atoms with Gasteiger partial charge in [0.25, 0.3) is 7.82 Å². The third-order valence-electron chi connectivity index (χ3n) is 8.05. The second-order valence-corrected chi connectivity index (χ2v) is 15.9. The Morgan fingerprint density at radius 1 is 0.727 bits per heavy atom. The van der Waals surface area contributed by atoms with Gasteiger partial charge in [0.2, 0.25) is 0 Å². The number of hydrogen-bond donors (Lipinski definition) is 3. The van der Waals surface area contributed by atoms with Crippen LogP contribution in [0.25, 0.3) is 0 Å². The number of ether oxygens (including phenoxy) is 2. The van der Waals surface area contributed by atoms with Crippen molar-refractivity contribution in [1.29, 1.82) is 0 Å². The first-order valence-corrected chi connectivity index (χ1v) is 21.4. The van der Waals surface area contributed by atoms with Crippen molar-refractivity contribution in [2.75, 3.05) is 47.5 Å². The van der Waals surface area contributed by atoms with Gasteiger partial charge < -0.3 is 43.2 Å². The fourth-order valence-corrected chi connectivity index (χ4v) is 5.47. The van der Waals surface area contributed by atoms with Gasteiger partial charge in [-0.25, -0.2) is 0 Å². The number of rotatable bonds is 34. The average Bonchev–Trinajstić information content (AvgIpc) is 3.12. The number of aliphatic hydroxyl groups is 3. The average molecular weight is 798 g/mol. The van der Waals surface area contributed by atoms with Crippen LogP contribution in [0.1, 0.15) is 110 Å². The number of carbonyl (C=O) groups excluding carboxylic acids is 2. The van der Waals surface area contributed by atoms with Crippen molar-refractivity contribution in [3.05, 3.63) is 72.9 Å². The number of nitrogens with zero attached hydrogens (tertiary/aromatic N) is 1. The maximum absolute atomic E-state index is 12.7. The van der Waals surface area contributed by atoms with Crippen LogP contribution in [0.5, 0.6) is 0 Å². The number of phosphoric acid groups is 1. The molecule has 316 valence electrons. The molecule has 55 heavy (non-hydrogen) atoms. The quantitative estimate of drug-likeness (QED) is 0.0154. The van der Waals surface area contributed by atoms with E-state index in [1.165, 1.54) is 18.9 Å². The van der Waals surface area contributed by atoms with Gasteiger partial charge >= 0.3 is 11.9 Å². The first-order valence-electron chi connectivity index (χ1n) is 20.0. The van der Waals surface area contributed by atoms with Gasteiger partial charge in [-0.05, 0) is 51.4 Å². The molecule has 0 saturated heterocycles. The Morgan fingerprint density at radius 3 is 2.02 bits per heavy atom. The van der Waals surface area contributed by atoms with Crippen molar-refractivity contribution in [3.63, 3.8) is 0 Å². The summed E-state index contributed by atoms with van der Waals surface area (Å²) in [5.41, 5.74) is 0. The van der Waals surface area contributed by atoms with E-state index >= 15 is 0 Å². The summed E-state index contributed by atoms with van der Waals surface area (Å²) in [5, 5.41) is 30.4. The van der Waals surface area contributed by atoms with E-state index in [9.17, 15) is 34.4 Å². The summed E-state index contributed by atoms with van der Waals surface area (Å²) >= 11 is 0. The predicted molar refractivity (Wildman–Crippen MR) is 217 cm³/mol. The predicted octanol–water partition coefficient (Wildman–Crippen LogP) is 6.96. The highest BCUT2D eigenvalue weighted by Gasteiger charge is 2.22. The van der Waals surface area contributed by atoms with Crippen LogP contribution in [0, 0.1) is 0 Å². The van der Waals surface area contributed by atoms with Gasteiger partial charge in [-0.1, -0.05) is 119 Å². The zero-order valence-corrected chi connectivity index (χ0v) is 35.1. The molecule has 13 heteroatoms. The number of aliphatic hydroxyl groups excluding tert-OH is 3. The minimum Gasteiger partial charge on any atom is -0.756 e. The lowest BCUT2D eigenvalue weighted by molar-refractivity contribution is -0.870. The molecule has 0 aliphatic rings. The highest BCUT2D eigenvalue weighted by Crippen LogP contribution is 2.38. The normalized spacial score (nSPS) is 16.2. The molecule has 0 aromatic heterocycles. The molecule has 0 bridgehead atoms. The monoisotopic (exact) mass is 797 g/mol. The van der Waals surface area contributed by atoms with E-state index in [1.807, 2.05) is 40.2 Å². The standard InChI is InChI=1S/C42H72NO11P/c1-6-8-10-11-12-13-14-15-16-21-25-31-41(47)51-35-38(36-53-55(49,50)52-34-33-43(3,4)5)54-42(48)32-26-30-40(46)39(45)29-24-20-18-17-19-23-28-37(44)27-22-9-7-2/h9,11-12,17-20,22-24,28-29,37-40,44-46H,6-8,10,13-16,21,25-27,30-36H2,1-5H3/b12-11-,19-17+,20-18-,22-9-,28-23+,29-24-/t37-,38+,39+,40+/m0/s1. The largest absolute Gasteiger partial charge is 0.756 e. The summed E-state index contributed by atoms with van der Waals surface area (Å²) in [7, 11) is 0.927. The molecule has 0 amide bonds. The maximum Gasteiger partial charge on any atom is 0.306 e. The number of unbranched alkanes of at least 4 members (excludes halogenated alkanes) is 7. The zero-order valence-electron chi connectivity index (χ0n) is 34.2. The van der Waals surface area contributed by atoms with Crippen molar-refractivity contribution < 1.29 is 57.4 Å². The topological polar surface area (TPSA) is 172 Å². The van der Waals surface area contributed by atoms with Gasteiger partial charge in [-0.3, -0.25) is 14.2 Å². The molecule has 5 atom stereocenters. The highest BCUT2D eigenvalue weighted by molar-refractivity contribution is 7.45. The number of esters is 2. The van der Waals surface area contributed by atoms with E-state index in [4.69, 9.17) is 18.5 Å². The van der Waals surface area contributed by atoms with Gasteiger partial charge in [0.05, 0.1) is 46.1 Å². The van der Waals surface area contributed by atoms with Crippen LogP contribution in [0.4, 0.5) is 0 Å². The van der Waals surface area contributed by atoms with E-state index in [1.54, 1.807) is 42.5 Å². The fourth-order valence-electron chi connectivity index (χ4n) is 4.74. The van der Waals surface area contributed by atoms with E-state index in [0.717, 1.165) is 44.9 Å². The number of carbonyl (C=O) groups is 2. The number of likely N-dealkylation sites (N-methyl/N-ethyl adjacent to an activating group) is 1. The molecular formula is C42H72NO11P. The van der Waals surface area contributed by atoms with Gasteiger partial charge in [0, 0.05) is 12.8 Å². The lowest BCUT2D eigenvalue weighted by Gasteiger charge is -2.28. The molecule has 0 heterocycles. The minimum absolute atomic E-state index is 0.0898. The van der Waals surface area contributed by atoms with Crippen LogP contribution in [0.2, 0.25) is 0 Å². The molecule has 0 aliphatic carbocycles. The molecule has 0 spiro atoms. The van der Waals surface area contributed by atoms with Crippen LogP contribution in [-0.4, -0.2) is 104 Å².